The van der Waals surface area contributed by atoms with Crippen LogP contribution in [0.2, 0.25) is 0 Å². The Morgan fingerprint density at radius 2 is 2.18 bits per heavy atom. The predicted molar refractivity (Wildman–Crippen MR) is 85.8 cm³/mol. The minimum Gasteiger partial charge on any atom is -0.474 e. The van der Waals surface area contributed by atoms with Gasteiger partial charge < -0.3 is 15.4 Å². The van der Waals surface area contributed by atoms with Gasteiger partial charge in [0, 0.05) is 19.0 Å². The first-order chi connectivity index (χ1) is 10.8. The van der Waals surface area contributed by atoms with Crippen molar-refractivity contribution >= 4 is 17.3 Å². The van der Waals surface area contributed by atoms with E-state index in [0.717, 1.165) is 43.7 Å². The summed E-state index contributed by atoms with van der Waals surface area (Å²) in [4.78, 5) is 21.1. The SMILES string of the molecule is CCCCC(=O)c1nc(NC2CCCC2)c2c(n1)OCCN2. The lowest BCUT2D eigenvalue weighted by Gasteiger charge is -2.23. The highest BCUT2D eigenvalue weighted by Crippen LogP contribution is 2.34. The number of nitrogens with zero attached hydrogens (tertiary/aromatic N) is 2. The quantitative estimate of drug-likeness (QED) is 0.787. The van der Waals surface area contributed by atoms with Crippen LogP contribution in [0.1, 0.15) is 62.5 Å². The third kappa shape index (κ3) is 3.31. The fraction of sp³-hybridized carbons (Fsp3) is 0.688. The van der Waals surface area contributed by atoms with E-state index < -0.39 is 0 Å². The number of ketones is 1. The molecule has 0 aromatic carbocycles. The Morgan fingerprint density at radius 3 is 2.95 bits per heavy atom. The molecule has 1 aromatic heterocycles. The lowest BCUT2D eigenvalue weighted by atomic mass is 10.2. The third-order valence-electron chi connectivity index (χ3n) is 4.22. The third-order valence-corrected chi connectivity index (χ3v) is 4.22. The van der Waals surface area contributed by atoms with Crippen LogP contribution in [0.15, 0.2) is 0 Å². The molecular weight excluding hydrogens is 280 g/mol. The second-order valence-electron chi connectivity index (χ2n) is 6.00. The van der Waals surface area contributed by atoms with Gasteiger partial charge in [-0.15, -0.1) is 0 Å². The minimum absolute atomic E-state index is 0.00621. The van der Waals surface area contributed by atoms with Gasteiger partial charge in [-0.25, -0.2) is 4.98 Å². The molecule has 0 saturated heterocycles. The Bertz CT molecular complexity index is 541. The van der Waals surface area contributed by atoms with Gasteiger partial charge in [-0.1, -0.05) is 26.2 Å². The number of Topliss-reactive ketones (excluding diaryl/α,β-unsaturated/α-hetero) is 1. The summed E-state index contributed by atoms with van der Waals surface area (Å²) in [5, 5.41) is 6.77. The van der Waals surface area contributed by atoms with Gasteiger partial charge in [-0.05, 0) is 19.3 Å². The number of carbonyl (C=O) groups is 1. The molecule has 1 aliphatic heterocycles. The van der Waals surface area contributed by atoms with Crippen LogP contribution in [-0.2, 0) is 0 Å². The van der Waals surface area contributed by atoms with Crippen LogP contribution in [0.4, 0.5) is 11.5 Å². The first kappa shape index (κ1) is 15.1. The van der Waals surface area contributed by atoms with Crippen molar-refractivity contribution < 1.29 is 9.53 Å². The van der Waals surface area contributed by atoms with Crippen molar-refractivity contribution in [1.29, 1.82) is 0 Å². The molecule has 2 aliphatic rings. The molecule has 0 spiro atoms. The monoisotopic (exact) mass is 304 g/mol. The first-order valence-electron chi connectivity index (χ1n) is 8.36. The molecule has 1 aliphatic carbocycles. The van der Waals surface area contributed by atoms with E-state index in [0.29, 0.717) is 24.9 Å². The van der Waals surface area contributed by atoms with E-state index >= 15 is 0 Å². The lowest BCUT2D eigenvalue weighted by Crippen LogP contribution is -2.25. The Morgan fingerprint density at radius 1 is 1.36 bits per heavy atom. The molecule has 0 atom stereocenters. The Hall–Kier alpha value is -1.85. The molecule has 6 nitrogen and oxygen atoms in total. The summed E-state index contributed by atoms with van der Waals surface area (Å²) in [6.07, 6.45) is 7.14. The number of unbranched alkanes of at least 4 members (excludes halogenated alkanes) is 1. The summed E-state index contributed by atoms with van der Waals surface area (Å²) >= 11 is 0. The molecule has 2 heterocycles. The molecule has 1 saturated carbocycles. The number of anilines is 2. The maximum Gasteiger partial charge on any atom is 0.243 e. The van der Waals surface area contributed by atoms with Crippen molar-refractivity contribution in [2.45, 2.75) is 57.9 Å². The zero-order valence-electron chi connectivity index (χ0n) is 13.2. The van der Waals surface area contributed by atoms with Crippen molar-refractivity contribution in [2.75, 3.05) is 23.8 Å². The van der Waals surface area contributed by atoms with Crippen LogP contribution < -0.4 is 15.4 Å². The summed E-state index contributed by atoms with van der Waals surface area (Å²) in [5.41, 5.74) is 0.796. The van der Waals surface area contributed by atoms with Crippen molar-refractivity contribution in [2.24, 2.45) is 0 Å². The van der Waals surface area contributed by atoms with Gasteiger partial charge in [0.1, 0.15) is 12.3 Å². The van der Waals surface area contributed by atoms with E-state index in [9.17, 15) is 4.79 Å². The maximum atomic E-state index is 12.3. The standard InChI is InChI=1S/C16H24N4O2/c1-2-3-8-12(21)14-19-15(18-11-6-4-5-7-11)13-16(20-14)22-10-9-17-13/h11,17H,2-10H2,1H3,(H,18,19,20). The van der Waals surface area contributed by atoms with Crippen LogP contribution in [0.3, 0.4) is 0 Å². The number of hydrogen-bond donors (Lipinski definition) is 2. The topological polar surface area (TPSA) is 76.1 Å². The molecule has 0 bridgehead atoms. The highest BCUT2D eigenvalue weighted by molar-refractivity contribution is 5.93. The van der Waals surface area contributed by atoms with E-state index in [1.54, 1.807) is 0 Å². The molecule has 0 radical (unpaired) electrons. The van der Waals surface area contributed by atoms with Crippen LogP contribution in [0.5, 0.6) is 5.88 Å². The molecular formula is C16H24N4O2. The summed E-state index contributed by atoms with van der Waals surface area (Å²) in [6.45, 7) is 3.37. The van der Waals surface area contributed by atoms with Crippen LogP contribution >= 0.6 is 0 Å². The second-order valence-corrected chi connectivity index (χ2v) is 6.00. The van der Waals surface area contributed by atoms with Gasteiger partial charge in [0.05, 0.1) is 0 Å². The van der Waals surface area contributed by atoms with E-state index in [4.69, 9.17) is 4.74 Å². The van der Waals surface area contributed by atoms with Crippen LogP contribution in [-0.4, -0.2) is 34.9 Å². The summed E-state index contributed by atoms with van der Waals surface area (Å²) in [7, 11) is 0. The van der Waals surface area contributed by atoms with Gasteiger partial charge in [-0.2, -0.15) is 4.98 Å². The van der Waals surface area contributed by atoms with Crippen molar-refractivity contribution in [3.05, 3.63) is 5.82 Å². The number of fused-ring (bicyclic) bond motifs is 1. The molecule has 2 N–H and O–H groups in total. The molecule has 22 heavy (non-hydrogen) atoms. The number of hydrogen-bond acceptors (Lipinski definition) is 6. The fourth-order valence-electron chi connectivity index (χ4n) is 2.97. The van der Waals surface area contributed by atoms with E-state index in [1.165, 1.54) is 12.8 Å². The average molecular weight is 304 g/mol. The average Bonchev–Trinajstić information content (AvgIpc) is 3.05. The van der Waals surface area contributed by atoms with E-state index in [1.807, 2.05) is 0 Å². The molecule has 1 fully saturated rings. The highest BCUT2D eigenvalue weighted by Gasteiger charge is 2.24. The number of ether oxygens (including phenoxy) is 1. The van der Waals surface area contributed by atoms with E-state index in [2.05, 4.69) is 27.5 Å². The first-order valence-corrected chi connectivity index (χ1v) is 8.36. The minimum atomic E-state index is -0.00621. The number of carbonyl (C=O) groups excluding carboxylic acids is 1. The van der Waals surface area contributed by atoms with Crippen molar-refractivity contribution in [1.82, 2.24) is 9.97 Å². The number of nitrogens with one attached hydrogen (secondary N) is 2. The Kier molecular flexibility index (Phi) is 4.75. The number of rotatable bonds is 6. The fourth-order valence-corrected chi connectivity index (χ4v) is 2.97. The number of aromatic nitrogens is 2. The summed E-state index contributed by atoms with van der Waals surface area (Å²) in [5.74, 6) is 1.49. The van der Waals surface area contributed by atoms with Gasteiger partial charge >= 0.3 is 0 Å². The zero-order valence-corrected chi connectivity index (χ0v) is 13.2. The Labute approximate surface area is 131 Å². The summed E-state index contributed by atoms with van der Waals surface area (Å²) < 4.78 is 5.62. The molecule has 6 heteroatoms. The van der Waals surface area contributed by atoms with Crippen molar-refractivity contribution in [3.63, 3.8) is 0 Å². The summed E-state index contributed by atoms with van der Waals surface area (Å²) in [6, 6.07) is 0.432. The predicted octanol–water partition coefficient (Wildman–Crippen LogP) is 3.01. The molecule has 3 rings (SSSR count). The van der Waals surface area contributed by atoms with Gasteiger partial charge in [0.25, 0.3) is 0 Å². The molecule has 0 amide bonds. The van der Waals surface area contributed by atoms with Crippen molar-refractivity contribution in [3.8, 4) is 5.88 Å². The van der Waals surface area contributed by atoms with Gasteiger partial charge in [0.2, 0.25) is 11.7 Å². The molecule has 0 unspecified atom stereocenters. The molecule has 120 valence electrons. The highest BCUT2D eigenvalue weighted by atomic mass is 16.5. The molecule has 1 aromatic rings. The zero-order chi connectivity index (χ0) is 15.4. The van der Waals surface area contributed by atoms with Crippen LogP contribution in [0.25, 0.3) is 0 Å². The van der Waals surface area contributed by atoms with Gasteiger partial charge in [-0.3, -0.25) is 4.79 Å². The lowest BCUT2D eigenvalue weighted by molar-refractivity contribution is 0.0968. The van der Waals surface area contributed by atoms with E-state index in [-0.39, 0.29) is 11.6 Å². The normalized spacial score (nSPS) is 17.5. The smallest absolute Gasteiger partial charge is 0.243 e. The van der Waals surface area contributed by atoms with Gasteiger partial charge in [0.15, 0.2) is 11.6 Å². The second kappa shape index (κ2) is 6.94. The van der Waals surface area contributed by atoms with Crippen LogP contribution in [0, 0.1) is 0 Å². The largest absolute Gasteiger partial charge is 0.474 e. The Balaban J connectivity index is 1.86. The maximum absolute atomic E-state index is 12.3.